The average molecular weight is 480 g/mol. The highest BCUT2D eigenvalue weighted by molar-refractivity contribution is 7.10. The molecule has 8 heteroatoms. The SMILES string of the molecule is Cc1ccsc1CN(Cc1ccc2c(c1)OCO2)C(=O)CN(C(=O)Nc1ccccc1)C(C)C. The molecule has 2 heterocycles. The molecule has 4 rings (SSSR count). The van der Waals surface area contributed by atoms with Gasteiger partial charge in [-0.1, -0.05) is 24.3 Å². The molecule has 0 fully saturated rings. The minimum atomic E-state index is -0.301. The van der Waals surface area contributed by atoms with E-state index in [-0.39, 0.29) is 31.3 Å². The van der Waals surface area contributed by atoms with Crippen LogP contribution in [0.15, 0.2) is 60.0 Å². The zero-order valence-electron chi connectivity index (χ0n) is 19.6. The molecule has 2 aromatic carbocycles. The monoisotopic (exact) mass is 479 g/mol. The molecule has 1 aliphatic rings. The minimum absolute atomic E-state index is 0.0225. The van der Waals surface area contributed by atoms with Crippen molar-refractivity contribution in [2.45, 2.75) is 39.9 Å². The first-order chi connectivity index (χ1) is 16.4. The van der Waals surface area contributed by atoms with Crippen LogP contribution in [0.3, 0.4) is 0 Å². The smallest absolute Gasteiger partial charge is 0.322 e. The summed E-state index contributed by atoms with van der Waals surface area (Å²) in [6.07, 6.45) is 0. The van der Waals surface area contributed by atoms with Gasteiger partial charge in [0.1, 0.15) is 6.54 Å². The molecule has 0 saturated heterocycles. The second-order valence-electron chi connectivity index (χ2n) is 8.48. The Labute approximate surface area is 203 Å². The number of thiophene rings is 1. The van der Waals surface area contributed by atoms with Crippen molar-refractivity contribution in [3.8, 4) is 11.5 Å². The number of carbonyl (C=O) groups is 2. The Bertz CT molecular complexity index is 1150. The van der Waals surface area contributed by atoms with E-state index in [1.54, 1.807) is 21.1 Å². The molecule has 0 spiro atoms. The van der Waals surface area contributed by atoms with E-state index in [2.05, 4.69) is 11.4 Å². The van der Waals surface area contributed by atoms with Crippen LogP contribution in [0.4, 0.5) is 10.5 Å². The van der Waals surface area contributed by atoms with Gasteiger partial charge in [0.15, 0.2) is 11.5 Å². The van der Waals surface area contributed by atoms with Crippen LogP contribution < -0.4 is 14.8 Å². The summed E-state index contributed by atoms with van der Waals surface area (Å²) in [6.45, 7) is 6.92. The van der Waals surface area contributed by atoms with E-state index in [0.29, 0.717) is 30.3 Å². The number of urea groups is 1. The lowest BCUT2D eigenvalue weighted by Crippen LogP contribution is -2.47. The van der Waals surface area contributed by atoms with Crippen molar-refractivity contribution < 1.29 is 19.1 Å². The maximum Gasteiger partial charge on any atom is 0.322 e. The number of benzene rings is 2. The molecule has 1 N–H and O–H groups in total. The van der Waals surface area contributed by atoms with Crippen molar-refractivity contribution in [2.24, 2.45) is 0 Å². The number of para-hydroxylation sites is 1. The fourth-order valence-corrected chi connectivity index (χ4v) is 4.60. The van der Waals surface area contributed by atoms with Crippen LogP contribution in [-0.4, -0.2) is 41.1 Å². The van der Waals surface area contributed by atoms with Gasteiger partial charge in [-0.3, -0.25) is 4.79 Å². The average Bonchev–Trinajstić information content (AvgIpc) is 3.45. The van der Waals surface area contributed by atoms with Gasteiger partial charge < -0.3 is 24.6 Å². The molecule has 7 nitrogen and oxygen atoms in total. The Morgan fingerprint density at radius 2 is 1.79 bits per heavy atom. The molecular formula is C26H29N3O4S. The number of fused-ring (bicyclic) bond motifs is 1. The van der Waals surface area contributed by atoms with Crippen LogP contribution >= 0.6 is 11.3 Å². The summed E-state index contributed by atoms with van der Waals surface area (Å²) >= 11 is 1.63. The number of hydrogen-bond acceptors (Lipinski definition) is 5. The van der Waals surface area contributed by atoms with E-state index >= 15 is 0 Å². The molecule has 0 saturated carbocycles. The molecule has 1 aromatic heterocycles. The van der Waals surface area contributed by atoms with Crippen LogP contribution in [0, 0.1) is 6.92 Å². The van der Waals surface area contributed by atoms with Crippen LogP contribution in [0.25, 0.3) is 0 Å². The number of ether oxygens (including phenoxy) is 2. The van der Waals surface area contributed by atoms with Gasteiger partial charge in [0, 0.05) is 23.2 Å². The predicted molar refractivity (Wildman–Crippen MR) is 133 cm³/mol. The van der Waals surface area contributed by atoms with Crippen molar-refractivity contribution >= 4 is 29.0 Å². The van der Waals surface area contributed by atoms with Crippen LogP contribution in [0.1, 0.15) is 29.9 Å². The van der Waals surface area contributed by atoms with Gasteiger partial charge in [-0.15, -0.1) is 11.3 Å². The topological polar surface area (TPSA) is 71.1 Å². The number of rotatable bonds is 8. The number of hydrogen-bond donors (Lipinski definition) is 1. The lowest BCUT2D eigenvalue weighted by atomic mass is 10.1. The molecule has 0 unspecified atom stereocenters. The zero-order valence-corrected chi connectivity index (χ0v) is 20.4. The van der Waals surface area contributed by atoms with Gasteiger partial charge in [0.2, 0.25) is 12.7 Å². The summed E-state index contributed by atoms with van der Waals surface area (Å²) in [5.74, 6) is 1.27. The zero-order chi connectivity index (χ0) is 24.1. The fraction of sp³-hybridized carbons (Fsp3) is 0.308. The molecule has 3 aromatic rings. The Morgan fingerprint density at radius 3 is 2.50 bits per heavy atom. The first kappa shape index (κ1) is 23.6. The van der Waals surface area contributed by atoms with Gasteiger partial charge in [0.25, 0.3) is 0 Å². The second kappa shape index (κ2) is 10.6. The van der Waals surface area contributed by atoms with Crippen LogP contribution in [0.5, 0.6) is 11.5 Å². The molecule has 0 bridgehead atoms. The Kier molecular flexibility index (Phi) is 7.37. The molecule has 0 aliphatic carbocycles. The van der Waals surface area contributed by atoms with Crippen LogP contribution in [0.2, 0.25) is 0 Å². The van der Waals surface area contributed by atoms with E-state index < -0.39 is 0 Å². The normalized spacial score (nSPS) is 12.0. The summed E-state index contributed by atoms with van der Waals surface area (Å²) < 4.78 is 10.9. The lowest BCUT2D eigenvalue weighted by molar-refractivity contribution is -0.133. The third kappa shape index (κ3) is 5.69. The molecule has 34 heavy (non-hydrogen) atoms. The number of nitrogens with one attached hydrogen (secondary N) is 1. The molecular weight excluding hydrogens is 450 g/mol. The lowest BCUT2D eigenvalue weighted by Gasteiger charge is -2.30. The number of amides is 3. The second-order valence-corrected chi connectivity index (χ2v) is 9.48. The summed E-state index contributed by atoms with van der Waals surface area (Å²) in [5, 5.41) is 4.92. The minimum Gasteiger partial charge on any atom is -0.454 e. The maximum atomic E-state index is 13.5. The maximum absolute atomic E-state index is 13.5. The van der Waals surface area contributed by atoms with Crippen molar-refractivity contribution in [3.05, 3.63) is 76.0 Å². The Morgan fingerprint density at radius 1 is 1.03 bits per heavy atom. The van der Waals surface area contributed by atoms with Gasteiger partial charge in [-0.2, -0.15) is 0 Å². The summed E-state index contributed by atoms with van der Waals surface area (Å²) in [7, 11) is 0. The first-order valence-electron chi connectivity index (χ1n) is 11.2. The van der Waals surface area contributed by atoms with Gasteiger partial charge in [-0.05, 0) is 67.6 Å². The van der Waals surface area contributed by atoms with E-state index in [9.17, 15) is 9.59 Å². The molecule has 3 amide bonds. The molecule has 0 radical (unpaired) electrons. The number of aryl methyl sites for hydroxylation is 1. The van der Waals surface area contributed by atoms with Crippen molar-refractivity contribution in [1.29, 1.82) is 0 Å². The third-order valence-corrected chi connectivity index (χ3v) is 6.69. The van der Waals surface area contributed by atoms with Crippen molar-refractivity contribution in [3.63, 3.8) is 0 Å². The van der Waals surface area contributed by atoms with E-state index in [4.69, 9.17) is 9.47 Å². The fourth-order valence-electron chi connectivity index (χ4n) is 3.68. The van der Waals surface area contributed by atoms with E-state index in [1.165, 1.54) is 0 Å². The van der Waals surface area contributed by atoms with E-state index in [1.807, 2.05) is 74.7 Å². The summed E-state index contributed by atoms with van der Waals surface area (Å²) in [6, 6.07) is 16.6. The van der Waals surface area contributed by atoms with Crippen molar-refractivity contribution in [1.82, 2.24) is 9.80 Å². The third-order valence-electron chi connectivity index (χ3n) is 5.68. The quantitative estimate of drug-likeness (QED) is 0.479. The molecule has 1 aliphatic heterocycles. The highest BCUT2D eigenvalue weighted by Crippen LogP contribution is 2.33. The number of anilines is 1. The highest BCUT2D eigenvalue weighted by atomic mass is 32.1. The summed E-state index contributed by atoms with van der Waals surface area (Å²) in [4.78, 5) is 31.0. The Balaban J connectivity index is 1.52. The Hall–Kier alpha value is -3.52. The highest BCUT2D eigenvalue weighted by Gasteiger charge is 2.25. The van der Waals surface area contributed by atoms with Gasteiger partial charge in [0.05, 0.1) is 6.54 Å². The van der Waals surface area contributed by atoms with Crippen LogP contribution in [-0.2, 0) is 17.9 Å². The largest absolute Gasteiger partial charge is 0.454 e. The summed E-state index contributed by atoms with van der Waals surface area (Å²) in [5.41, 5.74) is 2.78. The van der Waals surface area contributed by atoms with Crippen molar-refractivity contribution in [2.75, 3.05) is 18.7 Å². The molecule has 0 atom stereocenters. The first-order valence-corrected chi connectivity index (χ1v) is 12.1. The van der Waals surface area contributed by atoms with Gasteiger partial charge in [-0.25, -0.2) is 4.79 Å². The standard InChI is InChI=1S/C26H29N3O4S/c1-18(2)29(26(31)27-21-7-5-4-6-8-21)16-25(30)28(15-24-19(3)11-12-34-24)14-20-9-10-22-23(13-20)33-17-32-22/h4-13,18H,14-17H2,1-3H3,(H,27,31). The molecule has 178 valence electrons. The van der Waals surface area contributed by atoms with E-state index in [0.717, 1.165) is 16.0 Å². The number of nitrogens with zero attached hydrogens (tertiary/aromatic N) is 2. The number of carbonyl (C=O) groups excluding carboxylic acids is 2. The predicted octanol–water partition coefficient (Wildman–Crippen LogP) is 5.26. The van der Waals surface area contributed by atoms with Gasteiger partial charge >= 0.3 is 6.03 Å².